The zero-order chi connectivity index (χ0) is 25.8. The zero-order valence-electron chi connectivity index (χ0n) is 20.5. The smallest absolute Gasteiger partial charge is 0.249 e. The van der Waals surface area contributed by atoms with E-state index in [1.807, 2.05) is 24.3 Å². The normalized spacial score (nSPS) is 14.4. The molecule has 1 aliphatic carbocycles. The summed E-state index contributed by atoms with van der Waals surface area (Å²) in [6, 6.07) is 19.0. The molecule has 1 N–H and O–H groups in total. The fourth-order valence-electron chi connectivity index (χ4n) is 4.83. The molecule has 190 valence electrons. The van der Waals surface area contributed by atoms with Crippen LogP contribution in [0.15, 0.2) is 72.8 Å². The number of methoxy groups -OCH3 is 1. The lowest BCUT2D eigenvalue weighted by Crippen LogP contribution is -2.47. The van der Waals surface area contributed by atoms with Gasteiger partial charge in [0.15, 0.2) is 0 Å². The van der Waals surface area contributed by atoms with E-state index in [9.17, 15) is 14.0 Å². The fraction of sp³-hybridized carbons (Fsp3) is 0.286. The van der Waals surface area contributed by atoms with Gasteiger partial charge in [0.2, 0.25) is 11.8 Å². The number of carbonyl (C=O) groups is 2. The lowest BCUT2D eigenvalue weighted by atomic mass is 10.0. The maximum atomic E-state index is 14.0. The number of hydrogen-bond acceptors (Lipinski definition) is 5. The minimum Gasteiger partial charge on any atom is -0.497 e. The Hall–Kier alpha value is -4.27. The molecule has 8 nitrogen and oxygen atoms in total. The number of fused-ring (bicyclic) bond motifs is 1. The van der Waals surface area contributed by atoms with Gasteiger partial charge in [0.05, 0.1) is 12.6 Å². The average molecular weight is 502 g/mol. The summed E-state index contributed by atoms with van der Waals surface area (Å²) in [6.45, 7) is -0.138. The van der Waals surface area contributed by atoms with Gasteiger partial charge >= 0.3 is 0 Å². The summed E-state index contributed by atoms with van der Waals surface area (Å²) < 4.78 is 20.6. The van der Waals surface area contributed by atoms with Gasteiger partial charge in [-0.2, -0.15) is 0 Å². The van der Waals surface area contributed by atoms with Crippen LogP contribution in [0.4, 0.5) is 10.1 Å². The van der Waals surface area contributed by atoms with Crippen molar-refractivity contribution in [3.8, 4) is 5.75 Å². The van der Waals surface area contributed by atoms with Crippen molar-refractivity contribution in [1.29, 1.82) is 0 Å². The van der Waals surface area contributed by atoms with Crippen LogP contribution in [0.25, 0.3) is 11.0 Å². The van der Waals surface area contributed by atoms with E-state index in [0.717, 1.165) is 25.7 Å². The highest BCUT2D eigenvalue weighted by atomic mass is 19.1. The summed E-state index contributed by atoms with van der Waals surface area (Å²) in [5, 5.41) is 11.4. The van der Waals surface area contributed by atoms with Gasteiger partial charge < -0.3 is 10.1 Å². The summed E-state index contributed by atoms with van der Waals surface area (Å²) in [5.41, 5.74) is 2.38. The Kier molecular flexibility index (Phi) is 7.11. The first-order chi connectivity index (χ1) is 18.0. The van der Waals surface area contributed by atoms with Crippen LogP contribution in [0.2, 0.25) is 0 Å². The Morgan fingerprint density at radius 1 is 1.05 bits per heavy atom. The molecule has 0 radical (unpaired) electrons. The quantitative estimate of drug-likeness (QED) is 0.386. The van der Waals surface area contributed by atoms with Crippen molar-refractivity contribution < 1.29 is 18.7 Å². The molecule has 37 heavy (non-hydrogen) atoms. The van der Waals surface area contributed by atoms with E-state index in [1.54, 1.807) is 43.5 Å². The Labute approximate surface area is 214 Å². The number of amides is 2. The van der Waals surface area contributed by atoms with Crippen molar-refractivity contribution in [3.63, 3.8) is 0 Å². The lowest BCUT2D eigenvalue weighted by Gasteiger charge is -2.32. The second kappa shape index (κ2) is 10.8. The summed E-state index contributed by atoms with van der Waals surface area (Å²) in [4.78, 5) is 29.2. The van der Waals surface area contributed by atoms with Gasteiger partial charge in [-0.15, -0.1) is 5.10 Å². The van der Waals surface area contributed by atoms with E-state index < -0.39 is 11.9 Å². The predicted molar refractivity (Wildman–Crippen MR) is 138 cm³/mol. The molecular formula is C28H28FN5O3. The van der Waals surface area contributed by atoms with Crippen LogP contribution in [0, 0.1) is 5.82 Å². The minimum atomic E-state index is -1.02. The SMILES string of the molecule is COc1ccc(N(C(=O)Cn2nnc3ccccc32)[C@@H](C(=O)NC2CCCC2)c2ccc(F)cc2)cc1. The van der Waals surface area contributed by atoms with Crippen molar-refractivity contribution in [2.24, 2.45) is 0 Å². The van der Waals surface area contributed by atoms with Crippen LogP contribution >= 0.6 is 0 Å². The maximum Gasteiger partial charge on any atom is 0.249 e. The van der Waals surface area contributed by atoms with E-state index in [4.69, 9.17) is 4.74 Å². The first-order valence-electron chi connectivity index (χ1n) is 12.3. The van der Waals surface area contributed by atoms with Gasteiger partial charge in [-0.3, -0.25) is 14.5 Å². The largest absolute Gasteiger partial charge is 0.497 e. The van der Waals surface area contributed by atoms with E-state index >= 15 is 0 Å². The van der Waals surface area contributed by atoms with Crippen molar-refractivity contribution >= 4 is 28.5 Å². The molecule has 0 unspecified atom stereocenters. The molecule has 1 heterocycles. The summed E-state index contributed by atoms with van der Waals surface area (Å²) in [5.74, 6) is -0.481. The number of rotatable bonds is 8. The Morgan fingerprint density at radius 2 is 1.76 bits per heavy atom. The number of aromatic nitrogens is 3. The topological polar surface area (TPSA) is 89.3 Å². The number of nitrogens with one attached hydrogen (secondary N) is 1. The number of anilines is 1. The molecule has 1 aromatic heterocycles. The molecule has 2 amide bonds. The van der Waals surface area contributed by atoms with E-state index in [2.05, 4.69) is 15.6 Å². The number of ether oxygens (including phenoxy) is 1. The van der Waals surface area contributed by atoms with Crippen LogP contribution in [-0.4, -0.2) is 40.0 Å². The van der Waals surface area contributed by atoms with Gasteiger partial charge in [0.25, 0.3) is 0 Å². The predicted octanol–water partition coefficient (Wildman–Crippen LogP) is 4.41. The minimum absolute atomic E-state index is 0.0440. The van der Waals surface area contributed by atoms with E-state index in [-0.39, 0.29) is 24.4 Å². The third kappa shape index (κ3) is 5.30. The highest BCUT2D eigenvalue weighted by molar-refractivity contribution is 6.01. The fourth-order valence-corrected chi connectivity index (χ4v) is 4.83. The molecule has 1 aliphatic rings. The molecule has 9 heteroatoms. The third-order valence-electron chi connectivity index (χ3n) is 6.72. The molecule has 1 fully saturated rings. The summed E-state index contributed by atoms with van der Waals surface area (Å²) in [7, 11) is 1.56. The van der Waals surface area contributed by atoms with Crippen LogP contribution in [-0.2, 0) is 16.1 Å². The highest BCUT2D eigenvalue weighted by Gasteiger charge is 2.34. The van der Waals surface area contributed by atoms with Crippen molar-refractivity contribution in [2.45, 2.75) is 44.3 Å². The van der Waals surface area contributed by atoms with Gasteiger partial charge in [-0.1, -0.05) is 42.3 Å². The van der Waals surface area contributed by atoms with Crippen LogP contribution < -0.4 is 15.0 Å². The number of hydrogen-bond donors (Lipinski definition) is 1. The average Bonchev–Trinajstić information content (AvgIpc) is 3.58. The maximum absolute atomic E-state index is 14.0. The zero-order valence-corrected chi connectivity index (χ0v) is 20.5. The van der Waals surface area contributed by atoms with Gasteiger partial charge in [-0.05, 0) is 66.9 Å². The standard InChI is InChI=1S/C28H28FN5O3/c1-37-23-16-14-22(15-17-23)34(26(35)18-33-25-9-5-4-8-24(25)31-32-33)27(19-10-12-20(29)13-11-19)28(36)30-21-6-2-3-7-21/h4-5,8-17,21,27H,2-3,6-7,18H2,1H3,(H,30,36)/t27-/m1/s1. The van der Waals surface area contributed by atoms with Gasteiger partial charge in [0, 0.05) is 11.7 Å². The monoisotopic (exact) mass is 501 g/mol. The number of para-hydroxylation sites is 1. The van der Waals surface area contributed by atoms with Crippen LogP contribution in [0.5, 0.6) is 5.75 Å². The molecule has 1 atom stereocenters. The molecule has 4 aromatic rings. The number of nitrogens with zero attached hydrogens (tertiary/aromatic N) is 4. The number of carbonyl (C=O) groups excluding carboxylic acids is 2. The molecular weight excluding hydrogens is 473 g/mol. The Balaban J connectivity index is 1.56. The highest BCUT2D eigenvalue weighted by Crippen LogP contribution is 2.31. The summed E-state index contributed by atoms with van der Waals surface area (Å²) >= 11 is 0. The van der Waals surface area contributed by atoms with Gasteiger partial charge in [0.1, 0.15) is 29.7 Å². The second-order valence-electron chi connectivity index (χ2n) is 9.14. The van der Waals surface area contributed by atoms with E-state index in [0.29, 0.717) is 28.0 Å². The first kappa shape index (κ1) is 24.4. The molecule has 5 rings (SSSR count). The second-order valence-corrected chi connectivity index (χ2v) is 9.14. The van der Waals surface area contributed by atoms with E-state index in [1.165, 1.54) is 21.7 Å². The van der Waals surface area contributed by atoms with Crippen molar-refractivity contribution in [3.05, 3.63) is 84.2 Å². The molecule has 3 aromatic carbocycles. The molecule has 0 spiro atoms. The van der Waals surface area contributed by atoms with Crippen LogP contribution in [0.1, 0.15) is 37.3 Å². The lowest BCUT2D eigenvalue weighted by molar-refractivity contribution is -0.127. The first-order valence-corrected chi connectivity index (χ1v) is 12.3. The van der Waals surface area contributed by atoms with Crippen molar-refractivity contribution in [1.82, 2.24) is 20.3 Å². The summed E-state index contributed by atoms with van der Waals surface area (Å²) in [6.07, 6.45) is 3.88. The van der Waals surface area contributed by atoms with Gasteiger partial charge in [-0.25, -0.2) is 9.07 Å². The molecule has 0 aliphatic heterocycles. The molecule has 1 saturated carbocycles. The van der Waals surface area contributed by atoms with Crippen LogP contribution in [0.3, 0.4) is 0 Å². The molecule has 0 saturated heterocycles. The number of benzene rings is 3. The third-order valence-corrected chi connectivity index (χ3v) is 6.72. The Bertz CT molecular complexity index is 1380. The molecule has 0 bridgehead atoms. The Morgan fingerprint density at radius 3 is 2.46 bits per heavy atom. The number of halogens is 1. The van der Waals surface area contributed by atoms with Crippen molar-refractivity contribution in [2.75, 3.05) is 12.0 Å².